The van der Waals surface area contributed by atoms with Crippen molar-refractivity contribution in [3.63, 3.8) is 0 Å². The van der Waals surface area contributed by atoms with Crippen LogP contribution in [0.4, 0.5) is 8.78 Å². The molecule has 1 aromatic rings. The zero-order chi connectivity index (χ0) is 17.0. The highest BCUT2D eigenvalue weighted by Crippen LogP contribution is 2.28. The van der Waals surface area contributed by atoms with Crippen LogP contribution in [0.25, 0.3) is 0 Å². The van der Waals surface area contributed by atoms with Crippen LogP contribution in [-0.2, 0) is 4.79 Å². The minimum Gasteiger partial charge on any atom is -0.388 e. The SMILES string of the molecule is CN(C)[C@H](C(=O)NCC1(O)CCCCC1)c1c(F)cccc1F. The number of nitrogens with one attached hydrogen (secondary N) is 1. The first-order valence-corrected chi connectivity index (χ1v) is 7.94. The smallest absolute Gasteiger partial charge is 0.242 e. The molecular formula is C17H24F2N2O2. The van der Waals surface area contributed by atoms with E-state index in [4.69, 9.17) is 0 Å². The van der Waals surface area contributed by atoms with E-state index in [1.54, 1.807) is 14.1 Å². The van der Waals surface area contributed by atoms with Crippen molar-refractivity contribution in [3.8, 4) is 0 Å². The molecule has 0 bridgehead atoms. The van der Waals surface area contributed by atoms with Crippen molar-refractivity contribution in [2.24, 2.45) is 0 Å². The van der Waals surface area contributed by atoms with Crippen LogP contribution < -0.4 is 5.32 Å². The molecule has 0 saturated heterocycles. The Kier molecular flexibility index (Phi) is 5.70. The summed E-state index contributed by atoms with van der Waals surface area (Å²) in [5.74, 6) is -2.02. The highest BCUT2D eigenvalue weighted by molar-refractivity contribution is 5.83. The summed E-state index contributed by atoms with van der Waals surface area (Å²) in [5, 5.41) is 13.1. The second-order valence-corrected chi connectivity index (χ2v) is 6.50. The Morgan fingerprint density at radius 3 is 2.35 bits per heavy atom. The average molecular weight is 326 g/mol. The van der Waals surface area contributed by atoms with Gasteiger partial charge in [-0.15, -0.1) is 0 Å². The van der Waals surface area contributed by atoms with Gasteiger partial charge in [-0.2, -0.15) is 0 Å². The number of hydrogen-bond acceptors (Lipinski definition) is 3. The highest BCUT2D eigenvalue weighted by atomic mass is 19.1. The highest BCUT2D eigenvalue weighted by Gasteiger charge is 2.33. The molecule has 2 N–H and O–H groups in total. The van der Waals surface area contributed by atoms with Gasteiger partial charge < -0.3 is 10.4 Å². The van der Waals surface area contributed by atoms with Gasteiger partial charge in [-0.3, -0.25) is 9.69 Å². The fraction of sp³-hybridized carbons (Fsp3) is 0.588. The van der Waals surface area contributed by atoms with E-state index in [-0.39, 0.29) is 12.1 Å². The van der Waals surface area contributed by atoms with Gasteiger partial charge in [-0.1, -0.05) is 25.3 Å². The Morgan fingerprint density at radius 1 is 1.26 bits per heavy atom. The zero-order valence-electron chi connectivity index (χ0n) is 13.6. The first-order chi connectivity index (χ1) is 10.8. The third kappa shape index (κ3) is 4.26. The normalized spacial score (nSPS) is 18.7. The molecule has 0 radical (unpaired) electrons. The van der Waals surface area contributed by atoms with Crippen LogP contribution in [0.15, 0.2) is 18.2 Å². The molecule has 1 fully saturated rings. The first-order valence-electron chi connectivity index (χ1n) is 7.94. The van der Waals surface area contributed by atoms with Crippen LogP contribution >= 0.6 is 0 Å². The van der Waals surface area contributed by atoms with Gasteiger partial charge in [0, 0.05) is 6.54 Å². The van der Waals surface area contributed by atoms with E-state index in [2.05, 4.69) is 5.32 Å². The fourth-order valence-corrected chi connectivity index (χ4v) is 3.13. The predicted octanol–water partition coefficient (Wildman–Crippen LogP) is 2.38. The number of rotatable bonds is 5. The summed E-state index contributed by atoms with van der Waals surface area (Å²) in [6.45, 7) is 0.103. The lowest BCUT2D eigenvalue weighted by Gasteiger charge is -2.33. The van der Waals surface area contributed by atoms with Crippen LogP contribution in [0.5, 0.6) is 0 Å². The third-order valence-corrected chi connectivity index (χ3v) is 4.41. The monoisotopic (exact) mass is 326 g/mol. The average Bonchev–Trinajstić information content (AvgIpc) is 2.49. The van der Waals surface area contributed by atoms with Crippen LogP contribution in [0, 0.1) is 11.6 Å². The maximum absolute atomic E-state index is 14.0. The van der Waals surface area contributed by atoms with Gasteiger partial charge in [0.05, 0.1) is 11.2 Å². The lowest BCUT2D eigenvalue weighted by molar-refractivity contribution is -0.127. The molecule has 0 aromatic heterocycles. The van der Waals surface area contributed by atoms with Gasteiger partial charge in [-0.25, -0.2) is 8.78 Å². The lowest BCUT2D eigenvalue weighted by Crippen LogP contribution is -2.47. The number of amides is 1. The number of likely N-dealkylation sites (N-methyl/N-ethyl adjacent to an activating group) is 1. The van der Waals surface area contributed by atoms with Crippen molar-refractivity contribution in [1.29, 1.82) is 0 Å². The maximum atomic E-state index is 14.0. The number of halogens is 2. The van der Waals surface area contributed by atoms with Crippen molar-refractivity contribution in [1.82, 2.24) is 10.2 Å². The molecule has 0 spiro atoms. The molecule has 1 saturated carbocycles. The Hall–Kier alpha value is -1.53. The van der Waals surface area contributed by atoms with Gasteiger partial charge >= 0.3 is 0 Å². The van der Waals surface area contributed by atoms with Gasteiger partial charge in [0.25, 0.3) is 0 Å². The van der Waals surface area contributed by atoms with E-state index >= 15 is 0 Å². The number of hydrogen-bond donors (Lipinski definition) is 2. The van der Waals surface area contributed by atoms with Gasteiger partial charge in [0.15, 0.2) is 0 Å². The molecule has 1 aromatic carbocycles. The van der Waals surface area contributed by atoms with E-state index < -0.39 is 29.2 Å². The van der Waals surface area contributed by atoms with E-state index in [9.17, 15) is 18.7 Å². The summed E-state index contributed by atoms with van der Waals surface area (Å²) in [5.41, 5.74) is -1.19. The Bertz CT molecular complexity index is 537. The molecule has 23 heavy (non-hydrogen) atoms. The molecule has 4 nitrogen and oxygen atoms in total. The third-order valence-electron chi connectivity index (χ3n) is 4.41. The molecule has 1 atom stereocenters. The van der Waals surface area contributed by atoms with E-state index in [1.807, 2.05) is 0 Å². The van der Waals surface area contributed by atoms with E-state index in [0.717, 1.165) is 31.4 Å². The van der Waals surface area contributed by atoms with Gasteiger partial charge in [-0.05, 0) is 39.1 Å². The van der Waals surface area contributed by atoms with Crippen LogP contribution in [0.1, 0.15) is 43.7 Å². The molecule has 1 amide bonds. The van der Waals surface area contributed by atoms with Crippen molar-refractivity contribution < 1.29 is 18.7 Å². The lowest BCUT2D eigenvalue weighted by atomic mass is 9.85. The van der Waals surface area contributed by atoms with Crippen LogP contribution in [-0.4, -0.2) is 42.2 Å². The molecule has 1 aliphatic carbocycles. The summed E-state index contributed by atoms with van der Waals surface area (Å²) < 4.78 is 28.0. The summed E-state index contributed by atoms with van der Waals surface area (Å²) in [6, 6.07) is 2.46. The number of nitrogens with zero attached hydrogens (tertiary/aromatic N) is 1. The van der Waals surface area contributed by atoms with E-state index in [1.165, 1.54) is 11.0 Å². The largest absolute Gasteiger partial charge is 0.388 e. The quantitative estimate of drug-likeness (QED) is 0.873. The number of carbonyl (C=O) groups excluding carboxylic acids is 1. The summed E-state index contributed by atoms with van der Waals surface area (Å²) >= 11 is 0. The first kappa shape index (κ1) is 17.8. The Morgan fingerprint density at radius 2 is 1.83 bits per heavy atom. The van der Waals surface area contributed by atoms with Crippen molar-refractivity contribution >= 4 is 5.91 Å². The summed E-state index contributed by atoms with van der Waals surface area (Å²) in [4.78, 5) is 13.9. The predicted molar refractivity (Wildman–Crippen MR) is 83.8 cm³/mol. The standard InChI is InChI=1S/C17H24F2N2O2/c1-21(2)15(14-12(18)7-6-8-13(14)19)16(22)20-11-17(23)9-4-3-5-10-17/h6-8,15,23H,3-5,9-11H2,1-2H3,(H,20,22)/t15-/m0/s1. The molecule has 128 valence electrons. The molecule has 2 rings (SSSR count). The molecule has 0 heterocycles. The molecule has 1 aliphatic rings. The Balaban J connectivity index is 2.13. The van der Waals surface area contributed by atoms with Crippen molar-refractivity contribution in [3.05, 3.63) is 35.4 Å². The van der Waals surface area contributed by atoms with Crippen LogP contribution in [0.2, 0.25) is 0 Å². The molecule has 6 heteroatoms. The minimum absolute atomic E-state index is 0.103. The number of benzene rings is 1. The summed E-state index contributed by atoms with van der Waals surface area (Å²) in [6.07, 6.45) is 4.19. The molecule has 0 aliphatic heterocycles. The topological polar surface area (TPSA) is 52.6 Å². The molecular weight excluding hydrogens is 302 g/mol. The second-order valence-electron chi connectivity index (χ2n) is 6.50. The zero-order valence-corrected chi connectivity index (χ0v) is 13.6. The number of aliphatic hydroxyl groups is 1. The minimum atomic E-state index is -1.08. The Labute approximate surface area is 135 Å². The maximum Gasteiger partial charge on any atom is 0.242 e. The fourth-order valence-electron chi connectivity index (χ4n) is 3.13. The van der Waals surface area contributed by atoms with Crippen LogP contribution in [0.3, 0.4) is 0 Å². The molecule has 0 unspecified atom stereocenters. The number of carbonyl (C=O) groups is 1. The summed E-state index contributed by atoms with van der Waals surface area (Å²) in [7, 11) is 3.18. The van der Waals surface area contributed by atoms with E-state index in [0.29, 0.717) is 12.8 Å². The van der Waals surface area contributed by atoms with Crippen molar-refractivity contribution in [2.75, 3.05) is 20.6 Å². The van der Waals surface area contributed by atoms with Gasteiger partial charge in [0.2, 0.25) is 5.91 Å². The van der Waals surface area contributed by atoms with Crippen molar-refractivity contribution in [2.45, 2.75) is 43.7 Å². The second kappa shape index (κ2) is 7.36. The van der Waals surface area contributed by atoms with Gasteiger partial charge in [0.1, 0.15) is 17.7 Å².